The third-order valence-corrected chi connectivity index (χ3v) is 4.18. The smallest absolute Gasteiger partial charge is 0.384 e. The van der Waals surface area contributed by atoms with Crippen LogP contribution in [0.4, 0.5) is 0 Å². The summed E-state index contributed by atoms with van der Waals surface area (Å²) in [5.41, 5.74) is 1.05. The molecule has 0 heterocycles. The normalized spacial score (nSPS) is 10.7. The number of hydrogen-bond acceptors (Lipinski definition) is 5. The van der Waals surface area contributed by atoms with Crippen LogP contribution in [0.15, 0.2) is 48.5 Å². The molecule has 108 valence electrons. The monoisotopic (exact) mass is 340 g/mol. The third-order valence-electron chi connectivity index (χ3n) is 2.46. The maximum Gasteiger partial charge on any atom is 0.384 e. The van der Waals surface area contributed by atoms with Crippen molar-refractivity contribution in [3.05, 3.63) is 59.7 Å². The minimum absolute atomic E-state index is 0.420. The van der Waals surface area contributed by atoms with Crippen LogP contribution in [0.3, 0.4) is 0 Å². The van der Waals surface area contributed by atoms with Gasteiger partial charge in [0.15, 0.2) is 0 Å². The molecule has 0 amide bonds. The van der Waals surface area contributed by atoms with E-state index in [1.807, 2.05) is 0 Å². The average molecular weight is 341 g/mol. The average Bonchev–Trinajstić information content (AvgIpc) is 2.48. The number of halogens is 1. The number of aldehydes is 2. The predicted molar refractivity (Wildman–Crippen MR) is 85.1 cm³/mol. The largest absolute Gasteiger partial charge is 0.425 e. The Kier molecular flexibility index (Phi) is 5.12. The van der Waals surface area contributed by atoms with Gasteiger partial charge in [0.25, 0.3) is 0 Å². The van der Waals surface area contributed by atoms with Crippen LogP contribution in [0.1, 0.15) is 20.7 Å². The van der Waals surface area contributed by atoms with E-state index in [2.05, 4.69) is 0 Å². The zero-order valence-electron chi connectivity index (χ0n) is 10.6. The highest BCUT2D eigenvalue weighted by atomic mass is 35.7. The van der Waals surface area contributed by atoms with Gasteiger partial charge in [-0.2, -0.15) is 0 Å². The van der Waals surface area contributed by atoms with Crippen LogP contribution in [-0.2, 0) is 11.8 Å². The number of rotatable bonds is 6. The summed E-state index contributed by atoms with van der Waals surface area (Å²) >= 11 is 11.2. The second-order valence-corrected chi connectivity index (χ2v) is 8.59. The summed E-state index contributed by atoms with van der Waals surface area (Å²) in [5, 5.41) is 0. The summed E-state index contributed by atoms with van der Waals surface area (Å²) in [4.78, 5) is 21.1. The maximum atomic E-state index is 10.6. The molecule has 0 saturated carbocycles. The first-order chi connectivity index (χ1) is 10.0. The Labute approximate surface area is 131 Å². The van der Waals surface area contributed by atoms with Crippen molar-refractivity contribution in [2.24, 2.45) is 0 Å². The molecule has 2 aromatic carbocycles. The molecule has 2 aromatic rings. The Hall–Kier alpha value is -1.68. The van der Waals surface area contributed by atoms with Crippen LogP contribution in [-0.4, -0.2) is 12.6 Å². The molecule has 0 aliphatic heterocycles. The van der Waals surface area contributed by atoms with E-state index < -0.39 is 5.84 Å². The SMILES string of the molecule is O=Cc1ccc(OP(=S)(Cl)Oc2ccc(C=O)cc2)cc1. The second kappa shape index (κ2) is 6.85. The highest BCUT2D eigenvalue weighted by Gasteiger charge is 2.18. The van der Waals surface area contributed by atoms with Crippen LogP contribution in [0.25, 0.3) is 0 Å². The van der Waals surface area contributed by atoms with Crippen molar-refractivity contribution in [1.82, 2.24) is 0 Å². The molecule has 7 heteroatoms. The van der Waals surface area contributed by atoms with Crippen LogP contribution in [0, 0.1) is 0 Å². The fourth-order valence-corrected chi connectivity index (χ4v) is 3.26. The predicted octanol–water partition coefficient (Wildman–Crippen LogP) is 4.23. The van der Waals surface area contributed by atoms with Gasteiger partial charge in [0, 0.05) is 22.9 Å². The molecule has 0 aliphatic rings. The first kappa shape index (κ1) is 15.7. The quantitative estimate of drug-likeness (QED) is 0.581. The van der Waals surface area contributed by atoms with E-state index in [1.165, 1.54) is 0 Å². The standard InChI is InChI=1S/C14H10ClO4PS/c15-20(21,18-13-5-1-11(9-16)2-6-13)19-14-7-3-12(10-17)4-8-14/h1-10H. The van der Waals surface area contributed by atoms with Gasteiger partial charge in [0.05, 0.1) is 0 Å². The number of carbonyl (C=O) groups excluding carboxylic acids is 2. The molecule has 0 bridgehead atoms. The molecule has 4 nitrogen and oxygen atoms in total. The van der Waals surface area contributed by atoms with Gasteiger partial charge in [-0.15, -0.1) is 0 Å². The lowest BCUT2D eigenvalue weighted by Gasteiger charge is -2.17. The summed E-state index contributed by atoms with van der Waals surface area (Å²) in [5.74, 6) is -2.21. The summed E-state index contributed by atoms with van der Waals surface area (Å²) < 4.78 is 10.9. The Morgan fingerprint density at radius 3 is 1.43 bits per heavy atom. The van der Waals surface area contributed by atoms with Gasteiger partial charge in [-0.25, -0.2) is 0 Å². The van der Waals surface area contributed by atoms with Gasteiger partial charge < -0.3 is 9.05 Å². The van der Waals surface area contributed by atoms with E-state index in [0.717, 1.165) is 12.6 Å². The Morgan fingerprint density at radius 1 is 0.810 bits per heavy atom. The van der Waals surface area contributed by atoms with E-state index in [9.17, 15) is 9.59 Å². The van der Waals surface area contributed by atoms with E-state index in [4.69, 9.17) is 32.1 Å². The van der Waals surface area contributed by atoms with Crippen LogP contribution < -0.4 is 9.05 Å². The van der Waals surface area contributed by atoms with Crippen molar-refractivity contribution in [1.29, 1.82) is 0 Å². The van der Waals surface area contributed by atoms with Gasteiger partial charge in [0.1, 0.15) is 24.1 Å². The molecule has 0 N–H and O–H groups in total. The molecule has 0 unspecified atom stereocenters. The van der Waals surface area contributed by atoms with Crippen LogP contribution in [0.5, 0.6) is 11.5 Å². The lowest BCUT2D eigenvalue weighted by molar-refractivity contribution is 0.111. The van der Waals surface area contributed by atoms with Crippen LogP contribution >= 0.6 is 17.1 Å². The lowest BCUT2D eigenvalue weighted by atomic mass is 10.2. The van der Waals surface area contributed by atoms with Gasteiger partial charge in [0.2, 0.25) is 0 Å². The van der Waals surface area contributed by atoms with Gasteiger partial charge in [-0.05, 0) is 59.8 Å². The highest BCUT2D eigenvalue weighted by molar-refractivity contribution is 8.22. The molecule has 0 saturated heterocycles. The van der Waals surface area contributed by atoms with Crippen molar-refractivity contribution in [3.8, 4) is 11.5 Å². The van der Waals surface area contributed by atoms with E-state index in [1.54, 1.807) is 48.5 Å². The summed E-state index contributed by atoms with van der Waals surface area (Å²) in [6, 6.07) is 12.7. The topological polar surface area (TPSA) is 52.6 Å². The van der Waals surface area contributed by atoms with Gasteiger partial charge >= 0.3 is 5.84 Å². The summed E-state index contributed by atoms with van der Waals surface area (Å²) in [7, 11) is 0. The van der Waals surface area contributed by atoms with Crippen molar-refractivity contribution >= 4 is 41.5 Å². The minimum atomic E-state index is -3.05. The first-order valence-corrected chi connectivity index (χ1v) is 9.36. The fraction of sp³-hybridized carbons (Fsp3) is 0. The molecule has 0 aromatic heterocycles. The van der Waals surface area contributed by atoms with E-state index >= 15 is 0 Å². The molecular formula is C14H10ClO4PS. The molecule has 2 rings (SSSR count). The number of carbonyl (C=O) groups is 2. The van der Waals surface area contributed by atoms with Crippen molar-refractivity contribution < 1.29 is 18.6 Å². The summed E-state index contributed by atoms with van der Waals surface area (Å²) in [6.45, 7) is 0. The number of benzene rings is 2. The lowest BCUT2D eigenvalue weighted by Crippen LogP contribution is -1.95. The molecule has 21 heavy (non-hydrogen) atoms. The van der Waals surface area contributed by atoms with E-state index in [0.29, 0.717) is 22.6 Å². The fourth-order valence-electron chi connectivity index (χ4n) is 1.48. The molecule has 0 fully saturated rings. The molecule has 0 radical (unpaired) electrons. The highest BCUT2D eigenvalue weighted by Crippen LogP contribution is 2.53. The van der Waals surface area contributed by atoms with Crippen molar-refractivity contribution in [3.63, 3.8) is 0 Å². The Morgan fingerprint density at radius 2 is 1.14 bits per heavy atom. The number of hydrogen-bond donors (Lipinski definition) is 0. The van der Waals surface area contributed by atoms with Crippen LogP contribution in [0.2, 0.25) is 0 Å². The zero-order valence-corrected chi connectivity index (χ0v) is 13.1. The Balaban J connectivity index is 2.07. The Bertz CT molecular complexity index is 628. The molecular weight excluding hydrogens is 331 g/mol. The zero-order chi connectivity index (χ0) is 15.3. The molecule has 0 spiro atoms. The van der Waals surface area contributed by atoms with Gasteiger partial charge in [-0.1, -0.05) is 0 Å². The minimum Gasteiger partial charge on any atom is -0.425 e. The van der Waals surface area contributed by atoms with Crippen molar-refractivity contribution in [2.75, 3.05) is 0 Å². The van der Waals surface area contributed by atoms with E-state index in [-0.39, 0.29) is 0 Å². The second-order valence-electron chi connectivity index (χ2n) is 3.99. The maximum absolute atomic E-state index is 10.6. The first-order valence-electron chi connectivity index (χ1n) is 5.82. The molecule has 0 atom stereocenters. The van der Waals surface area contributed by atoms with Crippen molar-refractivity contribution in [2.45, 2.75) is 0 Å². The summed E-state index contributed by atoms with van der Waals surface area (Å²) in [6.07, 6.45) is 1.46. The molecule has 0 aliphatic carbocycles. The van der Waals surface area contributed by atoms with Gasteiger partial charge in [-0.3, -0.25) is 9.59 Å². The third kappa shape index (κ3) is 4.67.